The van der Waals surface area contributed by atoms with Crippen LogP contribution >= 0.6 is 0 Å². The van der Waals surface area contributed by atoms with Gasteiger partial charge in [-0.25, -0.2) is 0 Å². The summed E-state index contributed by atoms with van der Waals surface area (Å²) in [5.41, 5.74) is 0.799. The van der Waals surface area contributed by atoms with E-state index in [-0.39, 0.29) is 11.9 Å². The summed E-state index contributed by atoms with van der Waals surface area (Å²) in [4.78, 5) is 13.6. The molecule has 2 rings (SSSR count). The summed E-state index contributed by atoms with van der Waals surface area (Å²) >= 11 is 0. The third kappa shape index (κ3) is 3.70. The first kappa shape index (κ1) is 13.9. The van der Waals surface area contributed by atoms with Gasteiger partial charge in [-0.1, -0.05) is 6.07 Å². The molecule has 0 saturated carbocycles. The molecule has 1 aliphatic heterocycles. The molecule has 104 valence electrons. The van der Waals surface area contributed by atoms with E-state index < -0.39 is 0 Å². The van der Waals surface area contributed by atoms with Crippen molar-refractivity contribution in [3.05, 3.63) is 24.3 Å². The van der Waals surface area contributed by atoms with Gasteiger partial charge in [-0.15, -0.1) is 0 Å². The number of amides is 1. The van der Waals surface area contributed by atoms with Gasteiger partial charge in [0.25, 0.3) is 5.91 Å². The minimum atomic E-state index is 0.00602. The summed E-state index contributed by atoms with van der Waals surface area (Å²) in [6, 6.07) is 7.49. The number of carbonyl (C=O) groups is 1. The fraction of sp³-hybridized carbons (Fsp3) is 0.533. The number of nitrogens with one attached hydrogen (secondary N) is 2. The van der Waals surface area contributed by atoms with Gasteiger partial charge in [-0.3, -0.25) is 4.79 Å². The second kappa shape index (κ2) is 6.57. The van der Waals surface area contributed by atoms with Crippen LogP contribution in [0.4, 0.5) is 5.69 Å². The molecule has 1 fully saturated rings. The summed E-state index contributed by atoms with van der Waals surface area (Å²) < 4.78 is 5.16. The number of hydrogen-bond acceptors (Lipinski definition) is 2. The van der Waals surface area contributed by atoms with Crippen LogP contribution < -0.4 is 15.0 Å². The number of benzene rings is 1. The normalized spacial score (nSPS) is 17.8. The highest BCUT2D eigenvalue weighted by molar-refractivity contribution is 5.93. The average Bonchev–Trinajstić information content (AvgIpc) is 2.47. The van der Waals surface area contributed by atoms with Crippen LogP contribution in [0, 0.1) is 0 Å². The van der Waals surface area contributed by atoms with Crippen LogP contribution in [-0.2, 0) is 4.79 Å². The summed E-state index contributed by atoms with van der Waals surface area (Å²) in [5, 5.41) is 2.97. The van der Waals surface area contributed by atoms with E-state index in [0.29, 0.717) is 0 Å². The second-order valence-electron chi connectivity index (χ2n) is 5.16. The van der Waals surface area contributed by atoms with Crippen LogP contribution in [0.3, 0.4) is 0 Å². The first-order valence-corrected chi connectivity index (χ1v) is 7.00. The predicted molar refractivity (Wildman–Crippen MR) is 75.6 cm³/mol. The van der Waals surface area contributed by atoms with Crippen molar-refractivity contribution in [3.8, 4) is 5.75 Å². The molecule has 1 amide bonds. The van der Waals surface area contributed by atoms with Gasteiger partial charge in [-0.2, -0.15) is 0 Å². The topological polar surface area (TPSA) is 42.8 Å². The van der Waals surface area contributed by atoms with Crippen LogP contribution in [0.2, 0.25) is 0 Å². The van der Waals surface area contributed by atoms with Gasteiger partial charge >= 0.3 is 0 Å². The molecule has 0 aliphatic carbocycles. The zero-order chi connectivity index (χ0) is 13.7. The Morgan fingerprint density at radius 2 is 2.05 bits per heavy atom. The van der Waals surface area contributed by atoms with Gasteiger partial charge in [-0.05, 0) is 38.3 Å². The van der Waals surface area contributed by atoms with Crippen molar-refractivity contribution < 1.29 is 14.4 Å². The van der Waals surface area contributed by atoms with Gasteiger partial charge in [0, 0.05) is 11.8 Å². The highest BCUT2D eigenvalue weighted by Gasteiger charge is 2.26. The maximum Gasteiger partial charge on any atom is 0.282 e. The first-order chi connectivity index (χ1) is 9.20. The van der Waals surface area contributed by atoms with Crippen LogP contribution in [-0.4, -0.2) is 32.1 Å². The number of hydrogen-bond donors (Lipinski definition) is 2. The van der Waals surface area contributed by atoms with Gasteiger partial charge in [0.05, 0.1) is 20.2 Å². The Morgan fingerprint density at radius 3 is 2.74 bits per heavy atom. The molecular weight excluding hydrogens is 240 g/mol. The van der Waals surface area contributed by atoms with Crippen molar-refractivity contribution in [2.75, 3.05) is 25.5 Å². The zero-order valence-electron chi connectivity index (χ0n) is 11.7. The highest BCUT2D eigenvalue weighted by Crippen LogP contribution is 2.16. The molecule has 2 N–H and O–H groups in total. The number of carbonyl (C=O) groups excluding carboxylic acids is 1. The largest absolute Gasteiger partial charge is 0.497 e. The number of rotatable bonds is 4. The van der Waals surface area contributed by atoms with E-state index in [1.807, 2.05) is 31.2 Å². The standard InChI is InChI=1S/C15H22N2O2/c1-12(17-9-4-3-5-10-17)15(18)16-13-7-6-8-14(11-13)19-2/h6-8,11-12H,3-5,9-10H2,1-2H3,(H,16,18)/p+1/t12-/m0/s1. The van der Waals surface area contributed by atoms with Gasteiger partial charge in [0.15, 0.2) is 6.04 Å². The molecule has 1 heterocycles. The predicted octanol–water partition coefficient (Wildman–Crippen LogP) is 1.09. The molecule has 0 aromatic heterocycles. The minimum absolute atomic E-state index is 0.00602. The summed E-state index contributed by atoms with van der Waals surface area (Å²) in [6.07, 6.45) is 3.76. The van der Waals surface area contributed by atoms with Crippen LogP contribution in [0.1, 0.15) is 26.2 Å². The molecule has 1 aliphatic rings. The van der Waals surface area contributed by atoms with Gasteiger partial charge < -0.3 is 15.0 Å². The van der Waals surface area contributed by atoms with Crippen LogP contribution in [0.5, 0.6) is 5.75 Å². The molecule has 4 heteroatoms. The van der Waals surface area contributed by atoms with Gasteiger partial charge in [0.2, 0.25) is 0 Å². The molecule has 1 atom stereocenters. The number of quaternary nitrogens is 1. The van der Waals surface area contributed by atoms with E-state index in [1.54, 1.807) is 7.11 Å². The van der Waals surface area contributed by atoms with Crippen LogP contribution in [0.15, 0.2) is 24.3 Å². The molecule has 0 radical (unpaired) electrons. The first-order valence-electron chi connectivity index (χ1n) is 7.00. The molecular formula is C15H23N2O2+. The maximum atomic E-state index is 12.2. The molecule has 1 aromatic carbocycles. The van der Waals surface area contributed by atoms with E-state index in [2.05, 4.69) is 5.32 Å². The van der Waals surface area contributed by atoms with Crippen molar-refractivity contribution >= 4 is 11.6 Å². The van der Waals surface area contributed by atoms with E-state index in [9.17, 15) is 4.79 Å². The van der Waals surface area contributed by atoms with Crippen molar-refractivity contribution in [1.82, 2.24) is 0 Å². The summed E-state index contributed by atoms with van der Waals surface area (Å²) in [5.74, 6) is 0.848. The number of ether oxygens (including phenoxy) is 1. The van der Waals surface area contributed by atoms with Crippen LogP contribution in [0.25, 0.3) is 0 Å². The van der Waals surface area contributed by atoms with Gasteiger partial charge in [0.1, 0.15) is 5.75 Å². The third-order valence-corrected chi connectivity index (χ3v) is 3.84. The Labute approximate surface area is 114 Å². The summed E-state index contributed by atoms with van der Waals surface area (Å²) in [7, 11) is 1.63. The molecule has 4 nitrogen and oxygen atoms in total. The Bertz CT molecular complexity index is 428. The Kier molecular flexibility index (Phi) is 4.80. The Balaban J connectivity index is 1.95. The Morgan fingerprint density at radius 1 is 1.32 bits per heavy atom. The van der Waals surface area contributed by atoms with Crippen molar-refractivity contribution in [2.24, 2.45) is 0 Å². The lowest BCUT2D eigenvalue weighted by Crippen LogP contribution is -3.17. The number of piperidine rings is 1. The zero-order valence-corrected chi connectivity index (χ0v) is 11.7. The lowest BCUT2D eigenvalue weighted by atomic mass is 10.1. The third-order valence-electron chi connectivity index (χ3n) is 3.84. The van der Waals surface area contributed by atoms with E-state index >= 15 is 0 Å². The molecule has 0 spiro atoms. The molecule has 0 bridgehead atoms. The highest BCUT2D eigenvalue weighted by atomic mass is 16.5. The number of methoxy groups -OCH3 is 1. The van der Waals surface area contributed by atoms with E-state index in [1.165, 1.54) is 24.2 Å². The maximum absolute atomic E-state index is 12.2. The monoisotopic (exact) mass is 263 g/mol. The number of anilines is 1. The fourth-order valence-electron chi connectivity index (χ4n) is 2.58. The number of likely N-dealkylation sites (tertiary alicyclic amines) is 1. The van der Waals surface area contributed by atoms with E-state index in [0.717, 1.165) is 24.5 Å². The Hall–Kier alpha value is -1.55. The van der Waals surface area contributed by atoms with Crippen molar-refractivity contribution in [2.45, 2.75) is 32.2 Å². The average molecular weight is 263 g/mol. The van der Waals surface area contributed by atoms with Crippen molar-refractivity contribution in [3.63, 3.8) is 0 Å². The fourth-order valence-corrected chi connectivity index (χ4v) is 2.58. The molecule has 1 aromatic rings. The summed E-state index contributed by atoms with van der Waals surface area (Å²) in [6.45, 7) is 4.22. The van der Waals surface area contributed by atoms with E-state index in [4.69, 9.17) is 4.74 Å². The minimum Gasteiger partial charge on any atom is -0.497 e. The molecule has 1 saturated heterocycles. The SMILES string of the molecule is COc1cccc(NC(=O)[C@H](C)[NH+]2CCCCC2)c1. The molecule has 0 unspecified atom stereocenters. The lowest BCUT2D eigenvalue weighted by molar-refractivity contribution is -0.918. The lowest BCUT2D eigenvalue weighted by Gasteiger charge is -2.28. The second-order valence-corrected chi connectivity index (χ2v) is 5.16. The van der Waals surface area contributed by atoms with Crippen molar-refractivity contribution in [1.29, 1.82) is 0 Å². The smallest absolute Gasteiger partial charge is 0.282 e. The quantitative estimate of drug-likeness (QED) is 0.854. The molecule has 19 heavy (non-hydrogen) atoms.